The predicted molar refractivity (Wildman–Crippen MR) is 83.7 cm³/mol. The molecule has 1 N–H and O–H groups in total. The lowest BCUT2D eigenvalue weighted by molar-refractivity contribution is -0.146. The van der Waals surface area contributed by atoms with E-state index in [4.69, 9.17) is 4.74 Å². The van der Waals surface area contributed by atoms with Gasteiger partial charge in [-0.3, -0.25) is 9.59 Å². The first-order valence-electron chi connectivity index (χ1n) is 7.93. The molecule has 3 rings (SSSR count). The first-order chi connectivity index (χ1) is 11.5. The van der Waals surface area contributed by atoms with Crippen molar-refractivity contribution < 1.29 is 32.6 Å². The number of carbonyl (C=O) groups is 2. The average Bonchev–Trinajstić information content (AvgIpc) is 3.05. The van der Waals surface area contributed by atoms with Crippen LogP contribution < -0.4 is 4.74 Å². The van der Waals surface area contributed by atoms with E-state index in [1.165, 1.54) is 17.9 Å². The van der Waals surface area contributed by atoms with Crippen LogP contribution in [0.15, 0.2) is 6.07 Å². The van der Waals surface area contributed by atoms with Crippen molar-refractivity contribution in [2.24, 2.45) is 0 Å². The van der Waals surface area contributed by atoms with Gasteiger partial charge in [0.15, 0.2) is 5.78 Å². The van der Waals surface area contributed by atoms with Crippen LogP contribution in [0.25, 0.3) is 0 Å². The van der Waals surface area contributed by atoms with Crippen LogP contribution in [0.4, 0.5) is 13.2 Å². The van der Waals surface area contributed by atoms with Crippen molar-refractivity contribution in [1.29, 1.82) is 0 Å². The van der Waals surface area contributed by atoms with E-state index in [2.05, 4.69) is 0 Å². The molecule has 1 aromatic heterocycles. The van der Waals surface area contributed by atoms with Crippen LogP contribution in [0.3, 0.4) is 0 Å². The number of fused-ring (bicyclic) bond motifs is 1. The molecule has 3 heterocycles. The molecular formula is C16H18F3NO4S. The van der Waals surface area contributed by atoms with Gasteiger partial charge in [0.1, 0.15) is 29.9 Å². The molecule has 1 unspecified atom stereocenters. The van der Waals surface area contributed by atoms with Crippen LogP contribution in [0, 0.1) is 0 Å². The molecule has 25 heavy (non-hydrogen) atoms. The van der Waals surface area contributed by atoms with E-state index in [0.717, 1.165) is 11.3 Å². The Hall–Kier alpha value is -1.61. The molecular weight excluding hydrogens is 359 g/mol. The highest BCUT2D eigenvalue weighted by molar-refractivity contribution is 7.14. The molecule has 2 aliphatic rings. The molecule has 1 fully saturated rings. The molecule has 0 aliphatic carbocycles. The second-order valence-corrected chi connectivity index (χ2v) is 7.72. The van der Waals surface area contributed by atoms with E-state index >= 15 is 0 Å². The number of rotatable bonds is 3. The van der Waals surface area contributed by atoms with E-state index in [9.17, 15) is 27.9 Å². The van der Waals surface area contributed by atoms with Crippen LogP contribution in [0.5, 0.6) is 5.75 Å². The first-order valence-corrected chi connectivity index (χ1v) is 8.74. The quantitative estimate of drug-likeness (QED) is 0.822. The molecule has 0 spiro atoms. The molecule has 1 aromatic rings. The summed E-state index contributed by atoms with van der Waals surface area (Å²) in [7, 11) is 0. The van der Waals surface area contributed by atoms with E-state index in [-0.39, 0.29) is 16.5 Å². The summed E-state index contributed by atoms with van der Waals surface area (Å²) in [6.07, 6.45) is -5.81. The van der Waals surface area contributed by atoms with Crippen LogP contribution in [-0.4, -0.2) is 46.1 Å². The summed E-state index contributed by atoms with van der Waals surface area (Å²) < 4.78 is 43.1. The highest BCUT2D eigenvalue weighted by atomic mass is 32.1. The Kier molecular flexibility index (Phi) is 4.35. The third-order valence-corrected chi connectivity index (χ3v) is 5.92. The van der Waals surface area contributed by atoms with Crippen LogP contribution in [0.2, 0.25) is 0 Å². The smallest absolute Gasteiger partial charge is 0.396 e. The Morgan fingerprint density at radius 2 is 2.20 bits per heavy atom. The molecule has 2 aliphatic heterocycles. The van der Waals surface area contributed by atoms with Crippen molar-refractivity contribution >= 4 is 23.0 Å². The van der Waals surface area contributed by atoms with Gasteiger partial charge in [0.25, 0.3) is 0 Å². The minimum Gasteiger partial charge on any atom is -0.486 e. The lowest BCUT2D eigenvalue weighted by atomic mass is 9.86. The maximum Gasteiger partial charge on any atom is 0.396 e. The van der Waals surface area contributed by atoms with Gasteiger partial charge in [-0.1, -0.05) is 0 Å². The first kappa shape index (κ1) is 18.2. The second kappa shape index (κ2) is 5.98. The zero-order valence-electron chi connectivity index (χ0n) is 13.7. The number of ketones is 1. The maximum atomic E-state index is 12.5. The summed E-state index contributed by atoms with van der Waals surface area (Å²) in [6.45, 7) is 3.62. The Morgan fingerprint density at radius 1 is 1.52 bits per heavy atom. The molecule has 3 atom stereocenters. The van der Waals surface area contributed by atoms with E-state index in [1.54, 1.807) is 6.92 Å². The highest BCUT2D eigenvalue weighted by Gasteiger charge is 2.51. The van der Waals surface area contributed by atoms with Crippen LogP contribution in [0.1, 0.15) is 53.7 Å². The van der Waals surface area contributed by atoms with E-state index in [0.29, 0.717) is 24.3 Å². The van der Waals surface area contributed by atoms with Gasteiger partial charge < -0.3 is 14.7 Å². The number of ether oxygens (including phenoxy) is 1. The number of aliphatic hydroxyl groups is 1. The van der Waals surface area contributed by atoms with Crippen molar-refractivity contribution in [3.05, 3.63) is 15.8 Å². The Morgan fingerprint density at radius 3 is 2.76 bits per heavy atom. The number of alkyl halides is 3. The average molecular weight is 377 g/mol. The summed E-state index contributed by atoms with van der Waals surface area (Å²) in [5.41, 5.74) is -1.41. The van der Waals surface area contributed by atoms with Crippen molar-refractivity contribution in [3.63, 3.8) is 0 Å². The van der Waals surface area contributed by atoms with Gasteiger partial charge >= 0.3 is 6.18 Å². The maximum absolute atomic E-state index is 12.5. The summed E-state index contributed by atoms with van der Waals surface area (Å²) in [5.74, 6) is -0.907. The SMILES string of the molecule is C[C@H]1Oc2cc(C(=O)CC(F)(F)F)sc2[C@H](N2CCCC2=O)C1(C)O. The molecule has 138 valence electrons. The van der Waals surface area contributed by atoms with E-state index in [1.807, 2.05) is 0 Å². The normalized spacial score (nSPS) is 29.5. The molecule has 1 saturated heterocycles. The highest BCUT2D eigenvalue weighted by Crippen LogP contribution is 2.49. The summed E-state index contributed by atoms with van der Waals surface area (Å²) in [6, 6.07) is 0.548. The number of thiophene rings is 1. The van der Waals surface area contributed by atoms with E-state index < -0.39 is 36.1 Å². The molecule has 0 saturated carbocycles. The van der Waals surface area contributed by atoms with Gasteiger partial charge in [0.2, 0.25) is 5.91 Å². The van der Waals surface area contributed by atoms with Crippen LogP contribution >= 0.6 is 11.3 Å². The third kappa shape index (κ3) is 3.27. The Labute approximate surface area is 146 Å². The zero-order chi connectivity index (χ0) is 18.6. The fourth-order valence-electron chi connectivity index (χ4n) is 3.27. The minimum absolute atomic E-state index is 0.0797. The van der Waals surface area contributed by atoms with Gasteiger partial charge in [-0.15, -0.1) is 11.3 Å². The summed E-state index contributed by atoms with van der Waals surface area (Å²) in [4.78, 5) is 25.9. The fourth-order valence-corrected chi connectivity index (χ4v) is 4.55. The minimum atomic E-state index is -4.59. The lowest BCUT2D eigenvalue weighted by Gasteiger charge is -2.45. The monoisotopic (exact) mass is 377 g/mol. The lowest BCUT2D eigenvalue weighted by Crippen LogP contribution is -2.55. The largest absolute Gasteiger partial charge is 0.486 e. The van der Waals surface area contributed by atoms with Gasteiger partial charge in [-0.25, -0.2) is 0 Å². The topological polar surface area (TPSA) is 66.8 Å². The van der Waals surface area contributed by atoms with Crippen molar-refractivity contribution in [2.45, 2.75) is 57.0 Å². The third-order valence-electron chi connectivity index (χ3n) is 4.71. The van der Waals surface area contributed by atoms with Crippen molar-refractivity contribution in [1.82, 2.24) is 4.90 Å². The second-order valence-electron chi connectivity index (χ2n) is 6.63. The van der Waals surface area contributed by atoms with Crippen molar-refractivity contribution in [2.75, 3.05) is 6.54 Å². The van der Waals surface area contributed by atoms with Gasteiger partial charge in [0.05, 0.1) is 9.75 Å². The number of Topliss-reactive ketones (excluding diaryl/α,β-unsaturated/α-hetero) is 1. The number of hydrogen-bond acceptors (Lipinski definition) is 5. The molecule has 0 aromatic carbocycles. The number of likely N-dealkylation sites (tertiary alicyclic amines) is 1. The molecule has 9 heteroatoms. The number of hydrogen-bond donors (Lipinski definition) is 1. The summed E-state index contributed by atoms with van der Waals surface area (Å²) >= 11 is 0.857. The Bertz CT molecular complexity index is 713. The summed E-state index contributed by atoms with van der Waals surface area (Å²) in [5, 5.41) is 10.9. The predicted octanol–water partition coefficient (Wildman–Crippen LogP) is 3.08. The van der Waals surface area contributed by atoms with Crippen LogP contribution in [-0.2, 0) is 4.79 Å². The zero-order valence-corrected chi connectivity index (χ0v) is 14.5. The molecule has 5 nitrogen and oxygen atoms in total. The number of nitrogens with zero attached hydrogens (tertiary/aromatic N) is 1. The number of carbonyl (C=O) groups excluding carboxylic acids is 2. The Balaban J connectivity index is 2.00. The standard InChI is InChI=1S/C16H18F3NO4S/c1-8-15(2,23)14(20-5-3-4-12(20)22)13-10(24-8)6-11(25-13)9(21)7-16(17,18)19/h6,8,14,23H,3-5,7H2,1-2H3/t8-,14+,15?/m1/s1. The number of halogens is 3. The van der Waals surface area contributed by atoms with Gasteiger partial charge in [0, 0.05) is 19.0 Å². The molecule has 0 radical (unpaired) electrons. The van der Waals surface area contributed by atoms with Gasteiger partial charge in [-0.05, 0) is 20.3 Å². The fraction of sp³-hybridized carbons (Fsp3) is 0.625. The molecule has 1 amide bonds. The molecule has 0 bridgehead atoms. The van der Waals surface area contributed by atoms with Crippen molar-refractivity contribution in [3.8, 4) is 5.75 Å². The number of amides is 1. The van der Waals surface area contributed by atoms with Gasteiger partial charge in [-0.2, -0.15) is 13.2 Å².